The molecule has 4 heteroatoms. The van der Waals surface area contributed by atoms with E-state index >= 15 is 0 Å². The van der Waals surface area contributed by atoms with Crippen molar-refractivity contribution in [2.45, 2.75) is 13.8 Å². The summed E-state index contributed by atoms with van der Waals surface area (Å²) in [6.45, 7) is 4.84. The fraction of sp³-hybridized carbons (Fsp3) is 0.267. The maximum Gasteiger partial charge on any atom is 0.162 e. The van der Waals surface area contributed by atoms with Crippen molar-refractivity contribution in [3.63, 3.8) is 0 Å². The highest BCUT2D eigenvalue weighted by Crippen LogP contribution is 2.36. The first-order valence-corrected chi connectivity index (χ1v) is 6.17. The molecular formula is C15H15NO3. The van der Waals surface area contributed by atoms with Crippen LogP contribution in [-0.2, 0) is 0 Å². The Kier molecular flexibility index (Phi) is 4.09. The molecule has 0 N–H and O–H groups in total. The van der Waals surface area contributed by atoms with E-state index in [1.165, 1.54) is 0 Å². The van der Waals surface area contributed by atoms with Gasteiger partial charge in [0.05, 0.1) is 25.0 Å². The van der Waals surface area contributed by atoms with Crippen LogP contribution in [0, 0.1) is 11.3 Å². The lowest BCUT2D eigenvalue weighted by Crippen LogP contribution is -2.00. The molecule has 0 saturated heterocycles. The monoisotopic (exact) mass is 257 g/mol. The first-order chi connectivity index (χ1) is 9.30. The molecule has 4 nitrogen and oxygen atoms in total. The van der Waals surface area contributed by atoms with Crippen molar-refractivity contribution in [3.05, 3.63) is 36.1 Å². The second-order valence-electron chi connectivity index (χ2n) is 3.80. The van der Waals surface area contributed by atoms with Crippen LogP contribution in [0.1, 0.15) is 19.4 Å². The highest BCUT2D eigenvalue weighted by Gasteiger charge is 2.14. The molecule has 1 aromatic heterocycles. The van der Waals surface area contributed by atoms with E-state index in [2.05, 4.69) is 6.07 Å². The molecule has 0 unspecified atom stereocenters. The molecule has 0 aliphatic heterocycles. The molecule has 0 aliphatic rings. The van der Waals surface area contributed by atoms with Crippen LogP contribution in [-0.4, -0.2) is 13.2 Å². The highest BCUT2D eigenvalue weighted by atomic mass is 16.5. The van der Waals surface area contributed by atoms with Gasteiger partial charge >= 0.3 is 0 Å². The van der Waals surface area contributed by atoms with Gasteiger partial charge in [-0.25, -0.2) is 0 Å². The summed E-state index contributed by atoms with van der Waals surface area (Å²) in [6.07, 6.45) is 1.58. The molecule has 0 saturated carbocycles. The average molecular weight is 257 g/mol. The third kappa shape index (κ3) is 2.71. The van der Waals surface area contributed by atoms with Crippen LogP contribution < -0.4 is 9.47 Å². The van der Waals surface area contributed by atoms with Gasteiger partial charge in [0.25, 0.3) is 0 Å². The number of nitrogens with zero attached hydrogens (tertiary/aromatic N) is 1. The third-order valence-electron chi connectivity index (χ3n) is 2.59. The van der Waals surface area contributed by atoms with Gasteiger partial charge in [-0.15, -0.1) is 0 Å². The minimum atomic E-state index is 0.502. The first kappa shape index (κ1) is 13.0. The Morgan fingerprint density at radius 2 is 1.84 bits per heavy atom. The van der Waals surface area contributed by atoms with Crippen LogP contribution in [0.25, 0.3) is 11.3 Å². The maximum absolute atomic E-state index is 9.24. The molecule has 1 heterocycles. The lowest BCUT2D eigenvalue weighted by Gasteiger charge is -2.13. The predicted octanol–water partition coefficient (Wildman–Crippen LogP) is 3.62. The van der Waals surface area contributed by atoms with Crippen LogP contribution in [0.5, 0.6) is 11.5 Å². The Morgan fingerprint density at radius 1 is 1.16 bits per heavy atom. The van der Waals surface area contributed by atoms with Gasteiger partial charge in [0.1, 0.15) is 11.8 Å². The Morgan fingerprint density at radius 3 is 2.37 bits per heavy atom. The van der Waals surface area contributed by atoms with Gasteiger partial charge in [-0.05, 0) is 32.0 Å². The minimum Gasteiger partial charge on any atom is -0.490 e. The number of furan rings is 1. The molecule has 0 aliphatic carbocycles. The van der Waals surface area contributed by atoms with Gasteiger partial charge in [-0.1, -0.05) is 0 Å². The van der Waals surface area contributed by atoms with E-state index in [9.17, 15) is 5.26 Å². The second-order valence-corrected chi connectivity index (χ2v) is 3.80. The van der Waals surface area contributed by atoms with Crippen LogP contribution in [0.4, 0.5) is 0 Å². The van der Waals surface area contributed by atoms with Crippen LogP contribution >= 0.6 is 0 Å². The van der Waals surface area contributed by atoms with Crippen molar-refractivity contribution >= 4 is 0 Å². The Balaban J connectivity index is 2.54. The van der Waals surface area contributed by atoms with E-state index in [0.29, 0.717) is 41.6 Å². The lowest BCUT2D eigenvalue weighted by atomic mass is 10.1. The summed E-state index contributed by atoms with van der Waals surface area (Å²) in [5.41, 5.74) is 1.21. The molecule has 19 heavy (non-hydrogen) atoms. The summed E-state index contributed by atoms with van der Waals surface area (Å²) in [6, 6.07) is 9.22. The lowest BCUT2D eigenvalue weighted by molar-refractivity contribution is 0.288. The normalized spacial score (nSPS) is 9.95. The van der Waals surface area contributed by atoms with E-state index in [1.807, 2.05) is 19.9 Å². The van der Waals surface area contributed by atoms with Crippen molar-refractivity contribution in [3.8, 4) is 28.9 Å². The van der Waals surface area contributed by atoms with E-state index < -0.39 is 0 Å². The molecule has 0 atom stereocenters. The summed E-state index contributed by atoms with van der Waals surface area (Å²) in [5.74, 6) is 1.84. The van der Waals surface area contributed by atoms with Gasteiger partial charge < -0.3 is 13.9 Å². The topological polar surface area (TPSA) is 55.4 Å². The molecule has 0 radical (unpaired) electrons. The largest absolute Gasteiger partial charge is 0.490 e. The Hall–Kier alpha value is -2.41. The Bertz CT molecular complexity index is 582. The van der Waals surface area contributed by atoms with E-state index in [1.54, 1.807) is 24.5 Å². The zero-order chi connectivity index (χ0) is 13.7. The molecular weight excluding hydrogens is 242 g/mol. The number of hydrogen-bond acceptors (Lipinski definition) is 4. The Labute approximate surface area is 112 Å². The van der Waals surface area contributed by atoms with Crippen LogP contribution in [0.15, 0.2) is 34.9 Å². The van der Waals surface area contributed by atoms with Crippen LogP contribution in [0.3, 0.4) is 0 Å². The van der Waals surface area contributed by atoms with Crippen molar-refractivity contribution in [1.29, 1.82) is 5.26 Å². The molecule has 0 fully saturated rings. The van der Waals surface area contributed by atoms with Crippen molar-refractivity contribution in [2.24, 2.45) is 0 Å². The van der Waals surface area contributed by atoms with Crippen molar-refractivity contribution in [2.75, 3.05) is 13.2 Å². The molecule has 0 bridgehead atoms. The van der Waals surface area contributed by atoms with Gasteiger partial charge in [0, 0.05) is 11.6 Å². The summed E-state index contributed by atoms with van der Waals surface area (Å²) in [7, 11) is 0. The van der Waals surface area contributed by atoms with Gasteiger partial charge in [0.15, 0.2) is 11.5 Å². The fourth-order valence-electron chi connectivity index (χ4n) is 1.82. The molecule has 2 aromatic rings. The molecule has 0 amide bonds. The quantitative estimate of drug-likeness (QED) is 0.821. The maximum atomic E-state index is 9.24. The summed E-state index contributed by atoms with van der Waals surface area (Å²) in [4.78, 5) is 0. The number of benzene rings is 1. The SMILES string of the molecule is CCOc1cc(C#N)c(-c2ccco2)cc1OCC. The van der Waals surface area contributed by atoms with E-state index in [4.69, 9.17) is 13.9 Å². The van der Waals surface area contributed by atoms with Crippen LogP contribution in [0.2, 0.25) is 0 Å². The zero-order valence-corrected chi connectivity index (χ0v) is 11.0. The second kappa shape index (κ2) is 5.96. The predicted molar refractivity (Wildman–Crippen MR) is 71.2 cm³/mol. The van der Waals surface area contributed by atoms with E-state index in [0.717, 1.165) is 0 Å². The van der Waals surface area contributed by atoms with E-state index in [-0.39, 0.29) is 0 Å². The highest BCUT2D eigenvalue weighted by molar-refractivity contribution is 5.70. The molecule has 2 rings (SSSR count). The average Bonchev–Trinajstić information content (AvgIpc) is 2.94. The summed E-state index contributed by atoms with van der Waals surface area (Å²) < 4.78 is 16.4. The number of rotatable bonds is 5. The molecule has 0 spiro atoms. The number of nitriles is 1. The summed E-state index contributed by atoms with van der Waals surface area (Å²) >= 11 is 0. The van der Waals surface area contributed by atoms with Gasteiger partial charge in [0.2, 0.25) is 0 Å². The fourth-order valence-corrected chi connectivity index (χ4v) is 1.82. The number of hydrogen-bond donors (Lipinski definition) is 0. The first-order valence-electron chi connectivity index (χ1n) is 6.17. The minimum absolute atomic E-state index is 0.502. The van der Waals surface area contributed by atoms with Gasteiger partial charge in [-0.3, -0.25) is 0 Å². The van der Waals surface area contributed by atoms with Gasteiger partial charge in [-0.2, -0.15) is 5.26 Å². The number of ether oxygens (including phenoxy) is 2. The van der Waals surface area contributed by atoms with Crippen molar-refractivity contribution < 1.29 is 13.9 Å². The van der Waals surface area contributed by atoms with Crippen molar-refractivity contribution in [1.82, 2.24) is 0 Å². The standard InChI is InChI=1S/C15H15NO3/c1-3-17-14-8-11(10-16)12(9-15(14)18-4-2)13-6-5-7-19-13/h5-9H,3-4H2,1-2H3. The summed E-state index contributed by atoms with van der Waals surface area (Å²) in [5, 5.41) is 9.24. The smallest absolute Gasteiger partial charge is 0.162 e. The zero-order valence-electron chi connectivity index (χ0n) is 11.0. The molecule has 1 aromatic carbocycles. The molecule has 98 valence electrons. The third-order valence-corrected chi connectivity index (χ3v) is 2.59.